The van der Waals surface area contributed by atoms with Gasteiger partial charge in [-0.15, -0.1) is 0 Å². The van der Waals surface area contributed by atoms with Gasteiger partial charge in [0.25, 0.3) is 0 Å². The molecule has 0 bridgehead atoms. The fourth-order valence-electron chi connectivity index (χ4n) is 2.46. The third-order valence-electron chi connectivity index (χ3n) is 3.60. The first-order valence-electron chi connectivity index (χ1n) is 8.04. The Bertz CT molecular complexity index is 581. The zero-order valence-corrected chi connectivity index (χ0v) is 14.7. The van der Waals surface area contributed by atoms with Crippen LogP contribution in [0.3, 0.4) is 0 Å². The van der Waals surface area contributed by atoms with Crippen molar-refractivity contribution in [3.8, 4) is 0 Å². The van der Waals surface area contributed by atoms with E-state index in [9.17, 15) is 9.59 Å². The zero-order valence-electron chi connectivity index (χ0n) is 14.7. The molecular weight excluding hydrogens is 292 g/mol. The largest absolute Gasteiger partial charge is 0.461 e. The Labute approximate surface area is 138 Å². The SMILES string of the molecule is CCOC(=O)C(C)=NNC(=O)Cc1c(CC)cc(C)cc1CC. The predicted molar refractivity (Wildman–Crippen MR) is 91.5 cm³/mol. The molecule has 126 valence electrons. The van der Waals surface area contributed by atoms with Gasteiger partial charge in [0, 0.05) is 0 Å². The monoisotopic (exact) mass is 318 g/mol. The molecule has 1 aromatic carbocycles. The molecule has 23 heavy (non-hydrogen) atoms. The van der Waals surface area contributed by atoms with Crippen molar-refractivity contribution >= 4 is 17.6 Å². The molecule has 0 spiro atoms. The number of nitrogens with one attached hydrogen (secondary N) is 1. The van der Waals surface area contributed by atoms with Crippen molar-refractivity contribution in [2.75, 3.05) is 6.61 Å². The van der Waals surface area contributed by atoms with Crippen molar-refractivity contribution < 1.29 is 14.3 Å². The first-order valence-corrected chi connectivity index (χ1v) is 8.04. The lowest BCUT2D eigenvalue weighted by Gasteiger charge is -2.14. The molecule has 5 heteroatoms. The minimum absolute atomic E-state index is 0.135. The Kier molecular flexibility index (Phi) is 7.45. The van der Waals surface area contributed by atoms with Crippen molar-refractivity contribution in [3.05, 3.63) is 34.4 Å². The standard InChI is InChI=1S/C18H26N2O3/c1-6-14-9-12(4)10-15(7-2)16(14)11-17(21)20-19-13(5)18(22)23-8-3/h9-10H,6-8,11H2,1-5H3,(H,20,21). The summed E-state index contributed by atoms with van der Waals surface area (Å²) in [6, 6.07) is 4.24. The van der Waals surface area contributed by atoms with E-state index in [1.807, 2.05) is 0 Å². The predicted octanol–water partition coefficient (Wildman–Crippen LogP) is 2.72. The second-order valence-corrected chi connectivity index (χ2v) is 5.40. The van der Waals surface area contributed by atoms with Gasteiger partial charge in [-0.05, 0) is 50.3 Å². The fraction of sp³-hybridized carbons (Fsp3) is 0.500. The van der Waals surface area contributed by atoms with Crippen LogP contribution < -0.4 is 5.43 Å². The molecule has 1 amide bonds. The quantitative estimate of drug-likeness (QED) is 0.477. The highest BCUT2D eigenvalue weighted by Crippen LogP contribution is 2.20. The van der Waals surface area contributed by atoms with Crippen LogP contribution in [0.4, 0.5) is 0 Å². The number of aryl methyl sites for hydroxylation is 3. The van der Waals surface area contributed by atoms with Gasteiger partial charge in [-0.2, -0.15) is 5.10 Å². The molecule has 1 rings (SSSR count). The van der Waals surface area contributed by atoms with E-state index < -0.39 is 5.97 Å². The van der Waals surface area contributed by atoms with E-state index in [1.54, 1.807) is 6.92 Å². The number of rotatable bonds is 7. The number of ether oxygens (including phenoxy) is 1. The second kappa shape index (κ2) is 9.08. The van der Waals surface area contributed by atoms with Crippen LogP contribution in [0.1, 0.15) is 49.9 Å². The van der Waals surface area contributed by atoms with E-state index in [4.69, 9.17) is 4.74 Å². The second-order valence-electron chi connectivity index (χ2n) is 5.40. The number of nitrogens with zero attached hydrogens (tertiary/aromatic N) is 1. The lowest BCUT2D eigenvalue weighted by Crippen LogP contribution is -2.25. The summed E-state index contributed by atoms with van der Waals surface area (Å²) in [5, 5.41) is 3.81. The summed E-state index contributed by atoms with van der Waals surface area (Å²) in [7, 11) is 0. The average molecular weight is 318 g/mol. The summed E-state index contributed by atoms with van der Waals surface area (Å²) >= 11 is 0. The van der Waals surface area contributed by atoms with Gasteiger partial charge < -0.3 is 4.74 Å². The third-order valence-corrected chi connectivity index (χ3v) is 3.60. The highest BCUT2D eigenvalue weighted by molar-refractivity contribution is 6.35. The Morgan fingerprint density at radius 2 is 1.70 bits per heavy atom. The zero-order chi connectivity index (χ0) is 17.4. The Morgan fingerprint density at radius 1 is 1.13 bits per heavy atom. The number of hydrazone groups is 1. The summed E-state index contributed by atoms with van der Waals surface area (Å²) in [5.41, 5.74) is 7.20. The Morgan fingerprint density at radius 3 is 2.17 bits per heavy atom. The van der Waals surface area contributed by atoms with Crippen LogP contribution in [0.5, 0.6) is 0 Å². The van der Waals surface area contributed by atoms with Crippen molar-refractivity contribution in [2.45, 2.75) is 53.9 Å². The summed E-state index contributed by atoms with van der Waals surface area (Å²) in [6.45, 7) is 9.74. The first-order chi connectivity index (χ1) is 10.9. The van der Waals surface area contributed by atoms with E-state index in [-0.39, 0.29) is 24.6 Å². The van der Waals surface area contributed by atoms with Crippen LogP contribution >= 0.6 is 0 Å². The molecule has 0 heterocycles. The molecule has 1 aromatic rings. The topological polar surface area (TPSA) is 67.8 Å². The average Bonchev–Trinajstić information content (AvgIpc) is 2.53. The minimum atomic E-state index is -0.522. The van der Waals surface area contributed by atoms with Gasteiger partial charge in [0.2, 0.25) is 5.91 Å². The smallest absolute Gasteiger partial charge is 0.354 e. The van der Waals surface area contributed by atoms with Gasteiger partial charge >= 0.3 is 5.97 Å². The Balaban J connectivity index is 2.86. The van der Waals surface area contributed by atoms with Crippen LogP contribution in [0.25, 0.3) is 0 Å². The normalized spacial score (nSPS) is 11.3. The molecule has 0 unspecified atom stereocenters. The maximum Gasteiger partial charge on any atom is 0.354 e. The molecule has 0 atom stereocenters. The summed E-state index contributed by atoms with van der Waals surface area (Å²) in [5.74, 6) is -0.756. The Hall–Kier alpha value is -2.17. The molecule has 0 aliphatic carbocycles. The van der Waals surface area contributed by atoms with E-state index in [1.165, 1.54) is 23.6 Å². The molecule has 0 aromatic heterocycles. The lowest BCUT2D eigenvalue weighted by atomic mass is 9.93. The molecule has 0 saturated heterocycles. The highest BCUT2D eigenvalue weighted by atomic mass is 16.5. The summed E-state index contributed by atoms with van der Waals surface area (Å²) in [4.78, 5) is 23.6. The molecule has 5 nitrogen and oxygen atoms in total. The molecule has 0 saturated carbocycles. The van der Waals surface area contributed by atoms with Crippen molar-refractivity contribution in [1.82, 2.24) is 5.43 Å². The maximum atomic E-state index is 12.1. The van der Waals surface area contributed by atoms with Gasteiger partial charge in [0.1, 0.15) is 5.71 Å². The number of hydrogen-bond acceptors (Lipinski definition) is 4. The van der Waals surface area contributed by atoms with E-state index >= 15 is 0 Å². The molecular formula is C18H26N2O3. The number of carbonyl (C=O) groups excluding carboxylic acids is 2. The molecule has 0 fully saturated rings. The van der Waals surface area contributed by atoms with Crippen molar-refractivity contribution in [3.63, 3.8) is 0 Å². The van der Waals surface area contributed by atoms with Crippen molar-refractivity contribution in [2.24, 2.45) is 5.10 Å². The number of carbonyl (C=O) groups is 2. The number of esters is 1. The van der Waals surface area contributed by atoms with Gasteiger partial charge in [-0.3, -0.25) is 4.79 Å². The molecule has 1 N–H and O–H groups in total. The van der Waals surface area contributed by atoms with Gasteiger partial charge in [-0.25, -0.2) is 10.2 Å². The highest BCUT2D eigenvalue weighted by Gasteiger charge is 2.13. The van der Waals surface area contributed by atoms with Gasteiger partial charge in [-0.1, -0.05) is 31.5 Å². The van der Waals surface area contributed by atoms with Crippen LogP contribution in [0.2, 0.25) is 0 Å². The molecule has 0 aliphatic heterocycles. The van der Waals surface area contributed by atoms with Crippen LogP contribution in [0, 0.1) is 6.92 Å². The summed E-state index contributed by atoms with van der Waals surface area (Å²) < 4.78 is 4.82. The van der Waals surface area contributed by atoms with E-state index in [0.717, 1.165) is 18.4 Å². The lowest BCUT2D eigenvalue weighted by molar-refractivity contribution is -0.135. The first kappa shape index (κ1) is 18.9. The van der Waals surface area contributed by atoms with E-state index in [0.29, 0.717) is 0 Å². The summed E-state index contributed by atoms with van der Waals surface area (Å²) in [6.07, 6.45) is 2.01. The van der Waals surface area contributed by atoms with Crippen LogP contribution in [0.15, 0.2) is 17.2 Å². The van der Waals surface area contributed by atoms with E-state index in [2.05, 4.69) is 43.4 Å². The third kappa shape index (κ3) is 5.51. The van der Waals surface area contributed by atoms with Gasteiger partial charge in [0.05, 0.1) is 13.0 Å². The maximum absolute atomic E-state index is 12.1. The van der Waals surface area contributed by atoms with Gasteiger partial charge in [0.15, 0.2) is 0 Å². The molecule has 0 radical (unpaired) electrons. The number of amides is 1. The van der Waals surface area contributed by atoms with Crippen molar-refractivity contribution in [1.29, 1.82) is 0 Å². The fourth-order valence-corrected chi connectivity index (χ4v) is 2.46. The van der Waals surface area contributed by atoms with Crippen LogP contribution in [-0.2, 0) is 33.6 Å². The minimum Gasteiger partial charge on any atom is -0.461 e. The molecule has 0 aliphatic rings. The number of hydrogen-bond donors (Lipinski definition) is 1. The van der Waals surface area contributed by atoms with Crippen LogP contribution in [-0.4, -0.2) is 24.2 Å². The number of benzene rings is 1.